The van der Waals surface area contributed by atoms with Crippen LogP contribution in [0.5, 0.6) is 0 Å². The molecule has 0 radical (unpaired) electrons. The van der Waals surface area contributed by atoms with Crippen molar-refractivity contribution in [1.82, 2.24) is 19.7 Å². The summed E-state index contributed by atoms with van der Waals surface area (Å²) in [5.41, 5.74) is 4.63. The number of nitrogens with zero attached hydrogens (tertiary/aromatic N) is 4. The lowest BCUT2D eigenvalue weighted by Gasteiger charge is -2.06. The fourth-order valence-corrected chi connectivity index (χ4v) is 2.12. The lowest BCUT2D eigenvalue weighted by molar-refractivity contribution is 0.347. The van der Waals surface area contributed by atoms with Gasteiger partial charge in [-0.2, -0.15) is 5.10 Å². The van der Waals surface area contributed by atoms with E-state index in [0.29, 0.717) is 0 Å². The molecule has 0 unspecified atom stereocenters. The van der Waals surface area contributed by atoms with E-state index >= 15 is 0 Å². The molecule has 0 aliphatic carbocycles. The first-order valence-electron chi connectivity index (χ1n) is 5.41. The minimum Gasteiger partial charge on any atom is -0.296 e. The first-order valence-corrected chi connectivity index (χ1v) is 5.41. The Morgan fingerprint density at radius 3 is 2.94 bits per heavy atom. The minimum absolute atomic E-state index is 0.951. The molecule has 0 aromatic carbocycles. The molecule has 1 aliphatic rings. The number of hydrogen-bond donors (Lipinski definition) is 0. The standard InChI is InChI=1S/C12H14N4/c1-9-5-11(3-4-13-9)16-7-10-6-15(2)8-12(10)14-16/h3-5,7H,6,8H2,1-2H3. The Hall–Kier alpha value is -1.68. The normalized spacial score (nSPS) is 15.4. The van der Waals surface area contributed by atoms with Gasteiger partial charge in [-0.25, -0.2) is 4.68 Å². The van der Waals surface area contributed by atoms with Crippen LogP contribution in [0.25, 0.3) is 5.69 Å². The predicted molar refractivity (Wildman–Crippen MR) is 61.3 cm³/mol. The Bertz CT molecular complexity index is 506. The van der Waals surface area contributed by atoms with Crippen molar-refractivity contribution in [2.24, 2.45) is 0 Å². The van der Waals surface area contributed by atoms with Gasteiger partial charge in [0, 0.05) is 36.7 Å². The molecule has 82 valence electrons. The van der Waals surface area contributed by atoms with Crippen LogP contribution in [0.3, 0.4) is 0 Å². The molecule has 3 heterocycles. The van der Waals surface area contributed by atoms with Gasteiger partial charge in [-0.05, 0) is 26.1 Å². The third-order valence-corrected chi connectivity index (χ3v) is 2.88. The number of aryl methyl sites for hydroxylation is 1. The quantitative estimate of drug-likeness (QED) is 0.721. The molecule has 0 N–H and O–H groups in total. The van der Waals surface area contributed by atoms with Gasteiger partial charge in [0.1, 0.15) is 0 Å². The topological polar surface area (TPSA) is 34.0 Å². The number of fused-ring (bicyclic) bond motifs is 1. The maximum Gasteiger partial charge on any atom is 0.0814 e. The zero-order valence-corrected chi connectivity index (χ0v) is 9.51. The molecular weight excluding hydrogens is 200 g/mol. The summed E-state index contributed by atoms with van der Waals surface area (Å²) in [6.07, 6.45) is 3.94. The van der Waals surface area contributed by atoms with Crippen LogP contribution in [0.2, 0.25) is 0 Å². The van der Waals surface area contributed by atoms with Crippen LogP contribution < -0.4 is 0 Å². The van der Waals surface area contributed by atoms with E-state index in [1.54, 1.807) is 0 Å². The molecule has 2 aromatic rings. The second-order valence-corrected chi connectivity index (χ2v) is 4.37. The van der Waals surface area contributed by atoms with Crippen molar-refractivity contribution in [3.05, 3.63) is 41.5 Å². The van der Waals surface area contributed by atoms with E-state index in [9.17, 15) is 0 Å². The van der Waals surface area contributed by atoms with Gasteiger partial charge >= 0.3 is 0 Å². The van der Waals surface area contributed by atoms with Gasteiger partial charge in [0.25, 0.3) is 0 Å². The highest BCUT2D eigenvalue weighted by atomic mass is 15.3. The molecule has 0 amide bonds. The van der Waals surface area contributed by atoms with Gasteiger partial charge in [-0.15, -0.1) is 0 Å². The molecule has 2 aromatic heterocycles. The summed E-state index contributed by atoms with van der Waals surface area (Å²) < 4.78 is 1.95. The van der Waals surface area contributed by atoms with E-state index in [0.717, 1.165) is 24.5 Å². The van der Waals surface area contributed by atoms with Crippen LogP contribution in [0.15, 0.2) is 24.5 Å². The highest BCUT2D eigenvalue weighted by Crippen LogP contribution is 2.21. The zero-order chi connectivity index (χ0) is 11.1. The Morgan fingerprint density at radius 1 is 1.31 bits per heavy atom. The lowest BCUT2D eigenvalue weighted by atomic mass is 10.3. The van der Waals surface area contributed by atoms with Crippen molar-refractivity contribution in [2.75, 3.05) is 7.05 Å². The van der Waals surface area contributed by atoms with Crippen LogP contribution in [0, 0.1) is 6.92 Å². The first kappa shape index (κ1) is 9.54. The van der Waals surface area contributed by atoms with E-state index in [1.807, 2.05) is 29.9 Å². The molecule has 1 aliphatic heterocycles. The first-order chi connectivity index (χ1) is 7.72. The smallest absolute Gasteiger partial charge is 0.0814 e. The Balaban J connectivity index is 2.00. The molecule has 4 heteroatoms. The minimum atomic E-state index is 0.951. The van der Waals surface area contributed by atoms with E-state index in [2.05, 4.69) is 28.2 Å². The van der Waals surface area contributed by atoms with E-state index < -0.39 is 0 Å². The molecule has 4 nitrogen and oxygen atoms in total. The van der Waals surface area contributed by atoms with Crippen LogP contribution in [-0.4, -0.2) is 26.7 Å². The lowest BCUT2D eigenvalue weighted by Crippen LogP contribution is -2.10. The summed E-state index contributed by atoms with van der Waals surface area (Å²) in [6.45, 7) is 3.94. The summed E-state index contributed by atoms with van der Waals surface area (Å²) in [5.74, 6) is 0. The monoisotopic (exact) mass is 214 g/mol. The molecular formula is C12H14N4. The van der Waals surface area contributed by atoms with Crippen LogP contribution in [0.4, 0.5) is 0 Å². The van der Waals surface area contributed by atoms with Gasteiger partial charge < -0.3 is 0 Å². The summed E-state index contributed by atoms with van der Waals surface area (Å²) in [7, 11) is 2.11. The summed E-state index contributed by atoms with van der Waals surface area (Å²) in [4.78, 5) is 6.46. The van der Waals surface area contributed by atoms with Gasteiger partial charge in [-0.1, -0.05) is 0 Å². The number of hydrogen-bond acceptors (Lipinski definition) is 3. The van der Waals surface area contributed by atoms with Gasteiger partial charge in [0.15, 0.2) is 0 Å². The molecule has 0 atom stereocenters. The number of pyridine rings is 1. The second-order valence-electron chi connectivity index (χ2n) is 4.37. The second kappa shape index (κ2) is 3.42. The Labute approximate surface area is 94.5 Å². The Kier molecular flexibility index (Phi) is 2.04. The highest BCUT2D eigenvalue weighted by molar-refractivity contribution is 5.34. The molecule has 0 saturated heterocycles. The van der Waals surface area contributed by atoms with E-state index in [1.165, 1.54) is 11.3 Å². The van der Waals surface area contributed by atoms with Crippen LogP contribution >= 0.6 is 0 Å². The number of rotatable bonds is 1. The molecule has 0 saturated carbocycles. The van der Waals surface area contributed by atoms with Crippen molar-refractivity contribution in [3.8, 4) is 5.69 Å². The van der Waals surface area contributed by atoms with E-state index in [4.69, 9.17) is 0 Å². The summed E-state index contributed by atoms with van der Waals surface area (Å²) >= 11 is 0. The fourth-order valence-electron chi connectivity index (χ4n) is 2.12. The largest absolute Gasteiger partial charge is 0.296 e. The van der Waals surface area contributed by atoms with Crippen molar-refractivity contribution in [1.29, 1.82) is 0 Å². The maximum atomic E-state index is 4.60. The van der Waals surface area contributed by atoms with Gasteiger partial charge in [0.2, 0.25) is 0 Å². The highest BCUT2D eigenvalue weighted by Gasteiger charge is 2.19. The van der Waals surface area contributed by atoms with Crippen molar-refractivity contribution in [3.63, 3.8) is 0 Å². The molecule has 0 bridgehead atoms. The van der Waals surface area contributed by atoms with Gasteiger partial charge in [0.05, 0.1) is 11.4 Å². The van der Waals surface area contributed by atoms with Gasteiger partial charge in [-0.3, -0.25) is 9.88 Å². The summed E-state index contributed by atoms with van der Waals surface area (Å²) in [5, 5.41) is 4.60. The molecule has 0 fully saturated rings. The predicted octanol–water partition coefficient (Wildman–Crippen LogP) is 1.52. The fraction of sp³-hybridized carbons (Fsp3) is 0.333. The number of aromatic nitrogens is 3. The van der Waals surface area contributed by atoms with E-state index in [-0.39, 0.29) is 0 Å². The third-order valence-electron chi connectivity index (χ3n) is 2.88. The average molecular weight is 214 g/mol. The Morgan fingerprint density at radius 2 is 2.19 bits per heavy atom. The molecule has 16 heavy (non-hydrogen) atoms. The third kappa shape index (κ3) is 1.51. The van der Waals surface area contributed by atoms with Crippen LogP contribution in [-0.2, 0) is 13.1 Å². The average Bonchev–Trinajstić information content (AvgIpc) is 2.74. The SMILES string of the molecule is Cc1cc(-n2cc3c(n2)CN(C)C3)ccn1. The van der Waals surface area contributed by atoms with Crippen molar-refractivity contribution < 1.29 is 0 Å². The van der Waals surface area contributed by atoms with Crippen molar-refractivity contribution >= 4 is 0 Å². The van der Waals surface area contributed by atoms with Crippen LogP contribution in [0.1, 0.15) is 17.0 Å². The molecule has 3 rings (SSSR count). The molecule has 0 spiro atoms. The zero-order valence-electron chi connectivity index (χ0n) is 9.51. The maximum absolute atomic E-state index is 4.60. The summed E-state index contributed by atoms with van der Waals surface area (Å²) in [6, 6.07) is 4.03. The van der Waals surface area contributed by atoms with Crippen molar-refractivity contribution in [2.45, 2.75) is 20.0 Å².